The molecule has 3 heterocycles. The van der Waals surface area contributed by atoms with Gasteiger partial charge in [-0.25, -0.2) is 27.0 Å². The number of aromatic nitrogens is 3. The molecule has 2 unspecified atom stereocenters. The van der Waals surface area contributed by atoms with Crippen molar-refractivity contribution in [2.24, 2.45) is 0 Å². The number of fused-ring (bicyclic) bond motifs is 3. The van der Waals surface area contributed by atoms with E-state index in [1.54, 1.807) is 74.4 Å². The first kappa shape index (κ1) is 58.8. The molecule has 0 aliphatic carbocycles. The molecule has 5 aromatic carbocycles. The molecule has 73 heavy (non-hydrogen) atoms. The number of benzene rings is 5. The van der Waals surface area contributed by atoms with Crippen LogP contribution in [0.2, 0.25) is 0 Å². The minimum absolute atomic E-state index is 0. The standard InChI is InChI=1S/C21H18FNO4.C19H15F2NO3P2.C12H10FNO3.CH4.Na.H/c1-3-27-21(26)18-12-23(11-14-5-4-6-15(9-14)13(2)24)19-8-7-16(22)10-17(19)20(18)25;1-11(23)13-4-2-3-12(7-13)9-22-10-16(19(25)27(21)26)18(24)15-8-14(20)5-6-17(15)22;1-2-17-12(16)9-6-14-10-4-3-7(13)5-8(10)11(9)15;;;/h4-10,12H,3,11H2,1-2H3;2-8,10H,9,26H2,1H3;3-6H,2H2,1H3,(H,14,15);1H4;;/q;;;;+1;-1. The van der Waals surface area contributed by atoms with Crippen molar-refractivity contribution in [2.45, 2.75) is 48.2 Å². The molecule has 1 N–H and O–H groups in total. The molecule has 0 bridgehead atoms. The zero-order chi connectivity index (χ0) is 51.7. The van der Waals surface area contributed by atoms with E-state index in [0.717, 1.165) is 29.3 Å². The molecule has 0 saturated heterocycles. The van der Waals surface area contributed by atoms with Gasteiger partial charge in [0.15, 0.2) is 19.5 Å². The van der Waals surface area contributed by atoms with Gasteiger partial charge in [0.1, 0.15) is 28.6 Å². The zero-order valence-corrected chi connectivity index (χ0v) is 43.4. The van der Waals surface area contributed by atoms with Crippen LogP contribution in [0.15, 0.2) is 136 Å². The Morgan fingerprint density at radius 3 is 1.47 bits per heavy atom. The average Bonchev–Trinajstić information content (AvgIpc) is 3.34. The summed E-state index contributed by atoms with van der Waals surface area (Å²) in [7, 11) is -0.802. The van der Waals surface area contributed by atoms with Gasteiger partial charge in [0.05, 0.1) is 29.8 Å². The van der Waals surface area contributed by atoms with Crippen LogP contribution in [0.3, 0.4) is 0 Å². The molecule has 0 aliphatic heterocycles. The van der Waals surface area contributed by atoms with Crippen LogP contribution in [0, 0.1) is 17.5 Å². The number of Topliss-reactive ketones (excluding diaryl/α,β-unsaturated/α-hetero) is 2. The van der Waals surface area contributed by atoms with Crippen molar-refractivity contribution in [2.75, 3.05) is 13.2 Å². The van der Waals surface area contributed by atoms with E-state index in [1.807, 2.05) is 6.07 Å². The number of aromatic amines is 1. The Morgan fingerprint density at radius 1 is 0.603 bits per heavy atom. The van der Waals surface area contributed by atoms with Crippen molar-refractivity contribution in [3.8, 4) is 0 Å². The third kappa shape index (κ3) is 14.3. The SMILES string of the molecule is C.CC(=O)c1cccc(Cn2cc(C(=O)P(F)P)c(=O)c3cc(F)ccc32)c1.CCOC(=O)c1c[nH]c2ccc(F)cc2c1=O.CCOC(=O)c1cn(Cc2cccc(C(C)=O)c2)c2ccc(F)cc2c1=O.[H-].[Na+]. The molecule has 8 rings (SSSR count). The van der Waals surface area contributed by atoms with E-state index in [1.165, 1.54) is 68.8 Å². The van der Waals surface area contributed by atoms with Crippen LogP contribution in [0.4, 0.5) is 17.4 Å². The van der Waals surface area contributed by atoms with Crippen LogP contribution < -0.4 is 45.8 Å². The Bertz CT molecular complexity index is 3610. The number of H-pyrrole nitrogens is 1. The molecule has 3 aromatic heterocycles. The quantitative estimate of drug-likeness (QED) is 0.0416. The van der Waals surface area contributed by atoms with Gasteiger partial charge in [-0.3, -0.25) is 28.8 Å². The summed E-state index contributed by atoms with van der Waals surface area (Å²) in [4.78, 5) is 98.8. The number of carbonyl (C=O) groups excluding carboxylic acids is 5. The second-order valence-corrected chi connectivity index (χ2v) is 18.0. The summed E-state index contributed by atoms with van der Waals surface area (Å²) in [5, 5.41) is 0.240. The number of hydrogen-bond donors (Lipinski definition) is 1. The zero-order valence-electron chi connectivity index (χ0n) is 40.4. The molecule has 20 heteroatoms. The van der Waals surface area contributed by atoms with Gasteiger partial charge >= 0.3 is 41.5 Å². The third-order valence-corrected chi connectivity index (χ3v) is 12.0. The van der Waals surface area contributed by atoms with Crippen LogP contribution in [0.25, 0.3) is 32.7 Å². The average molecular weight is 1050 g/mol. The van der Waals surface area contributed by atoms with Gasteiger partial charge < -0.3 is 25.0 Å². The minimum atomic E-state index is -2.58. The van der Waals surface area contributed by atoms with Gasteiger partial charge in [0, 0.05) is 64.5 Å². The van der Waals surface area contributed by atoms with Crippen LogP contribution in [-0.2, 0) is 22.6 Å². The number of carbonyl (C=O) groups is 5. The van der Waals surface area contributed by atoms with Gasteiger partial charge in [-0.05, 0) is 106 Å². The number of nitrogens with zero attached hydrogens (tertiary/aromatic N) is 2. The maximum atomic E-state index is 13.7. The van der Waals surface area contributed by atoms with E-state index in [0.29, 0.717) is 34.2 Å². The first-order valence-corrected chi connectivity index (χ1v) is 24.4. The predicted molar refractivity (Wildman–Crippen MR) is 274 cm³/mol. The second kappa shape index (κ2) is 26.3. The van der Waals surface area contributed by atoms with Crippen LogP contribution in [-0.4, -0.2) is 56.4 Å². The molecule has 0 spiro atoms. The molecule has 374 valence electrons. The summed E-state index contributed by atoms with van der Waals surface area (Å²) in [6.07, 6.45) is 3.99. The van der Waals surface area contributed by atoms with E-state index >= 15 is 0 Å². The number of rotatable bonds is 12. The summed E-state index contributed by atoms with van der Waals surface area (Å²) >= 11 is 0. The molecule has 13 nitrogen and oxygen atoms in total. The van der Waals surface area contributed by atoms with Crippen molar-refractivity contribution >= 4 is 78.6 Å². The summed E-state index contributed by atoms with van der Waals surface area (Å²) in [6.45, 7) is 7.06. The third-order valence-electron chi connectivity index (χ3n) is 10.7. The van der Waals surface area contributed by atoms with E-state index in [2.05, 4.69) is 4.98 Å². The fourth-order valence-corrected chi connectivity index (χ4v) is 8.15. The number of ketones is 2. The van der Waals surface area contributed by atoms with E-state index in [9.17, 15) is 55.7 Å². The van der Waals surface area contributed by atoms with Gasteiger partial charge in [-0.1, -0.05) is 52.8 Å². The molecule has 0 saturated carbocycles. The topological polar surface area (TPSA) is 181 Å². The van der Waals surface area contributed by atoms with Crippen molar-refractivity contribution in [3.63, 3.8) is 0 Å². The first-order valence-electron chi connectivity index (χ1n) is 21.6. The van der Waals surface area contributed by atoms with Crippen LogP contribution >= 0.6 is 16.8 Å². The molecule has 0 fully saturated rings. The fourth-order valence-electron chi connectivity index (χ4n) is 7.34. The van der Waals surface area contributed by atoms with Gasteiger partial charge in [0.2, 0.25) is 21.8 Å². The van der Waals surface area contributed by atoms with E-state index in [4.69, 9.17) is 9.47 Å². The number of halogens is 4. The largest absolute Gasteiger partial charge is 1.00 e. The van der Waals surface area contributed by atoms with E-state index < -0.39 is 59.1 Å². The minimum Gasteiger partial charge on any atom is -1.00 e. The molecule has 2 atom stereocenters. The van der Waals surface area contributed by atoms with Gasteiger partial charge in [-0.2, -0.15) is 0 Å². The Labute approximate surface area is 442 Å². The summed E-state index contributed by atoms with van der Waals surface area (Å²) in [5.41, 5.74) is 0.719. The Hall–Kier alpha value is -6.74. The van der Waals surface area contributed by atoms with Crippen LogP contribution in [0.1, 0.15) is 99.5 Å². The second-order valence-electron chi connectivity index (χ2n) is 15.6. The van der Waals surface area contributed by atoms with Crippen molar-refractivity contribution < 1.29 is 81.8 Å². The Kier molecular flexibility index (Phi) is 21.2. The van der Waals surface area contributed by atoms with Crippen molar-refractivity contribution in [3.05, 3.63) is 209 Å². The molecular formula is C53H48F4N3NaO10P2. The maximum Gasteiger partial charge on any atom is 1.00 e. The van der Waals surface area contributed by atoms with Gasteiger partial charge in [-0.15, -0.1) is 0 Å². The fraction of sp³-hybridized carbons (Fsp3) is 0.170. The molecule has 0 aliphatic rings. The summed E-state index contributed by atoms with van der Waals surface area (Å²) < 4.78 is 66.9. The maximum absolute atomic E-state index is 13.7. The predicted octanol–water partition coefficient (Wildman–Crippen LogP) is 7.85. The monoisotopic (exact) mass is 1050 g/mol. The van der Waals surface area contributed by atoms with Crippen molar-refractivity contribution in [1.29, 1.82) is 0 Å². The molecular weight excluding hydrogens is 1000 g/mol. The Morgan fingerprint density at radius 2 is 1.01 bits per heavy atom. The number of ether oxygens (including phenoxy) is 2. The molecule has 0 amide bonds. The number of hydrogen-bond acceptors (Lipinski definition) is 10. The normalized spacial score (nSPS) is 10.9. The first-order chi connectivity index (χ1) is 33.8. The Balaban J connectivity index is 0.000000294. The number of pyridine rings is 3. The van der Waals surface area contributed by atoms with E-state index in [-0.39, 0.29) is 103 Å². The van der Waals surface area contributed by atoms with Crippen LogP contribution in [0.5, 0.6) is 0 Å². The molecule has 8 aromatic rings. The van der Waals surface area contributed by atoms with Crippen molar-refractivity contribution in [1.82, 2.24) is 14.1 Å². The smallest absolute Gasteiger partial charge is 1.00 e. The summed E-state index contributed by atoms with van der Waals surface area (Å²) in [5.74, 6) is -3.32. The summed E-state index contributed by atoms with van der Waals surface area (Å²) in [6, 6.07) is 25.3. The van der Waals surface area contributed by atoms with Gasteiger partial charge in [0.25, 0.3) is 0 Å². The molecule has 0 radical (unpaired) electrons. The number of esters is 2. The number of nitrogens with one attached hydrogen (secondary N) is 1.